The molecule has 0 aromatic carbocycles. The van der Waals surface area contributed by atoms with Crippen molar-refractivity contribution in [2.75, 3.05) is 25.6 Å². The van der Waals surface area contributed by atoms with Gasteiger partial charge in [-0.15, -0.1) is 0 Å². The molecule has 18 heavy (non-hydrogen) atoms. The van der Waals surface area contributed by atoms with Crippen molar-refractivity contribution in [2.45, 2.75) is 26.3 Å². The molecule has 0 spiro atoms. The summed E-state index contributed by atoms with van der Waals surface area (Å²) in [6, 6.07) is 1.96. The molecule has 0 saturated carbocycles. The van der Waals surface area contributed by atoms with Crippen molar-refractivity contribution < 1.29 is 9.53 Å². The molecule has 1 unspecified atom stereocenters. The quantitative estimate of drug-likeness (QED) is 0.724. The molecule has 0 bridgehead atoms. The van der Waals surface area contributed by atoms with Gasteiger partial charge in [-0.3, -0.25) is 9.78 Å². The van der Waals surface area contributed by atoms with Gasteiger partial charge in [-0.25, -0.2) is 0 Å². The van der Waals surface area contributed by atoms with Gasteiger partial charge in [-0.05, 0) is 19.4 Å². The number of amides is 1. The van der Waals surface area contributed by atoms with Crippen molar-refractivity contribution in [3.8, 4) is 0 Å². The van der Waals surface area contributed by atoms with Gasteiger partial charge in [-0.1, -0.05) is 6.92 Å². The van der Waals surface area contributed by atoms with Gasteiger partial charge in [0.25, 0.3) is 5.91 Å². The summed E-state index contributed by atoms with van der Waals surface area (Å²) in [5.41, 5.74) is 1.39. The van der Waals surface area contributed by atoms with Crippen molar-refractivity contribution in [3.63, 3.8) is 0 Å². The number of carbonyl (C=O) groups excluding carboxylic acids is 1. The number of rotatable bonds is 7. The van der Waals surface area contributed by atoms with E-state index in [1.165, 1.54) is 0 Å². The maximum absolute atomic E-state index is 11.9. The van der Waals surface area contributed by atoms with Crippen LogP contribution < -0.4 is 10.6 Å². The minimum Gasteiger partial charge on any atom is -0.383 e. The summed E-state index contributed by atoms with van der Waals surface area (Å²) >= 11 is 0. The van der Waals surface area contributed by atoms with E-state index in [4.69, 9.17) is 4.74 Å². The number of nitrogens with zero attached hydrogens (tertiary/aromatic N) is 1. The first-order chi connectivity index (χ1) is 8.67. The molecule has 0 aliphatic carbocycles. The van der Waals surface area contributed by atoms with E-state index in [9.17, 15) is 4.79 Å². The average Bonchev–Trinajstić information content (AvgIpc) is 2.39. The molecule has 1 aromatic heterocycles. The largest absolute Gasteiger partial charge is 0.383 e. The molecular weight excluding hydrogens is 230 g/mol. The first-order valence-corrected chi connectivity index (χ1v) is 6.16. The molecule has 1 amide bonds. The summed E-state index contributed by atoms with van der Waals surface area (Å²) in [5.74, 6) is -0.0905. The molecule has 1 aromatic rings. The van der Waals surface area contributed by atoms with E-state index in [1.54, 1.807) is 25.6 Å². The lowest BCUT2D eigenvalue weighted by Crippen LogP contribution is -2.32. The fraction of sp³-hybridized carbons (Fsp3) is 0.538. The summed E-state index contributed by atoms with van der Waals surface area (Å²) in [4.78, 5) is 15.9. The molecule has 1 rings (SSSR count). The Morgan fingerprint density at radius 3 is 2.94 bits per heavy atom. The number of aromatic nitrogens is 1. The zero-order valence-corrected chi connectivity index (χ0v) is 11.2. The van der Waals surface area contributed by atoms with E-state index in [2.05, 4.69) is 15.6 Å². The average molecular weight is 251 g/mol. The van der Waals surface area contributed by atoms with Crippen molar-refractivity contribution in [1.29, 1.82) is 0 Å². The van der Waals surface area contributed by atoms with Crippen LogP contribution in [0.4, 0.5) is 5.69 Å². The molecule has 1 atom stereocenters. The molecule has 0 radical (unpaired) electrons. The van der Waals surface area contributed by atoms with Crippen LogP contribution in [-0.2, 0) is 4.74 Å². The van der Waals surface area contributed by atoms with Crippen molar-refractivity contribution in [3.05, 3.63) is 24.0 Å². The predicted molar refractivity (Wildman–Crippen MR) is 71.8 cm³/mol. The Morgan fingerprint density at radius 1 is 1.50 bits per heavy atom. The van der Waals surface area contributed by atoms with Crippen molar-refractivity contribution >= 4 is 11.6 Å². The molecule has 5 heteroatoms. The van der Waals surface area contributed by atoms with E-state index in [-0.39, 0.29) is 11.9 Å². The zero-order chi connectivity index (χ0) is 13.4. The number of carbonyl (C=O) groups is 1. The third-order valence-corrected chi connectivity index (χ3v) is 2.63. The fourth-order valence-electron chi connectivity index (χ4n) is 1.37. The molecule has 100 valence electrons. The highest BCUT2D eigenvalue weighted by Gasteiger charge is 2.09. The second-order valence-corrected chi connectivity index (χ2v) is 4.16. The minimum absolute atomic E-state index is 0.0905. The van der Waals surface area contributed by atoms with Gasteiger partial charge in [0.05, 0.1) is 17.9 Å². The maximum Gasteiger partial charge on any atom is 0.253 e. The number of pyridine rings is 1. The smallest absolute Gasteiger partial charge is 0.253 e. The highest BCUT2D eigenvalue weighted by molar-refractivity contribution is 5.94. The molecular formula is C13H21N3O2. The Labute approximate surface area is 108 Å². The molecule has 0 saturated heterocycles. The number of hydrogen-bond acceptors (Lipinski definition) is 4. The van der Waals surface area contributed by atoms with Crippen LogP contribution in [0, 0.1) is 0 Å². The lowest BCUT2D eigenvalue weighted by Gasteiger charge is -2.12. The lowest BCUT2D eigenvalue weighted by molar-refractivity contribution is 0.0939. The second-order valence-electron chi connectivity index (χ2n) is 4.16. The molecule has 0 fully saturated rings. The Morgan fingerprint density at radius 2 is 2.28 bits per heavy atom. The van der Waals surface area contributed by atoms with Crippen molar-refractivity contribution in [2.24, 2.45) is 0 Å². The molecule has 5 nitrogen and oxygen atoms in total. The van der Waals surface area contributed by atoms with Gasteiger partial charge in [0.1, 0.15) is 0 Å². The Balaban J connectivity index is 2.60. The van der Waals surface area contributed by atoms with Gasteiger partial charge >= 0.3 is 0 Å². The first-order valence-electron chi connectivity index (χ1n) is 6.16. The summed E-state index contributed by atoms with van der Waals surface area (Å²) in [5, 5.41) is 6.05. The zero-order valence-electron chi connectivity index (χ0n) is 11.2. The van der Waals surface area contributed by atoms with E-state index >= 15 is 0 Å². The number of hydrogen-bond donors (Lipinski definition) is 2. The Kier molecular flexibility index (Phi) is 6.14. The first kappa shape index (κ1) is 14.4. The van der Waals surface area contributed by atoms with Gasteiger partial charge < -0.3 is 15.4 Å². The van der Waals surface area contributed by atoms with Crippen LogP contribution >= 0.6 is 0 Å². The van der Waals surface area contributed by atoms with Gasteiger partial charge in [0.2, 0.25) is 0 Å². The van der Waals surface area contributed by atoms with E-state index in [0.717, 1.165) is 12.1 Å². The SMILES string of the molecule is CCC(C)NC(=O)c1cncc(NCCOC)c1. The summed E-state index contributed by atoms with van der Waals surface area (Å²) < 4.78 is 4.95. The van der Waals surface area contributed by atoms with Crippen LogP contribution in [0.1, 0.15) is 30.6 Å². The van der Waals surface area contributed by atoms with Crippen LogP contribution in [0.5, 0.6) is 0 Å². The van der Waals surface area contributed by atoms with Crippen molar-refractivity contribution in [1.82, 2.24) is 10.3 Å². The van der Waals surface area contributed by atoms with Gasteiger partial charge in [0.15, 0.2) is 0 Å². The Bertz CT molecular complexity index is 382. The topological polar surface area (TPSA) is 63.2 Å². The molecule has 0 aliphatic heterocycles. The summed E-state index contributed by atoms with van der Waals surface area (Å²) in [7, 11) is 1.65. The molecule has 0 aliphatic rings. The van der Waals surface area contributed by atoms with Crippen LogP contribution in [0.3, 0.4) is 0 Å². The lowest BCUT2D eigenvalue weighted by atomic mass is 10.2. The number of methoxy groups -OCH3 is 1. The summed E-state index contributed by atoms with van der Waals surface area (Å²) in [6.45, 7) is 5.32. The van der Waals surface area contributed by atoms with Crippen LogP contribution in [0.2, 0.25) is 0 Å². The minimum atomic E-state index is -0.0905. The predicted octanol–water partition coefficient (Wildman–Crippen LogP) is 1.67. The maximum atomic E-state index is 11.9. The van der Waals surface area contributed by atoms with Crippen LogP contribution in [0.25, 0.3) is 0 Å². The Hall–Kier alpha value is -1.62. The number of nitrogens with one attached hydrogen (secondary N) is 2. The van der Waals surface area contributed by atoms with Gasteiger partial charge in [-0.2, -0.15) is 0 Å². The third-order valence-electron chi connectivity index (χ3n) is 2.63. The van der Waals surface area contributed by atoms with Crippen LogP contribution in [0.15, 0.2) is 18.5 Å². The molecule has 2 N–H and O–H groups in total. The van der Waals surface area contributed by atoms with E-state index < -0.39 is 0 Å². The van der Waals surface area contributed by atoms with E-state index in [0.29, 0.717) is 18.7 Å². The normalized spacial score (nSPS) is 11.9. The standard InChI is InChI=1S/C13H21N3O2/c1-4-10(2)16-13(17)11-7-12(9-14-8-11)15-5-6-18-3/h7-10,15H,4-6H2,1-3H3,(H,16,17). The number of ether oxygens (including phenoxy) is 1. The third kappa shape index (κ3) is 4.71. The fourth-order valence-corrected chi connectivity index (χ4v) is 1.37. The van der Waals surface area contributed by atoms with Crippen LogP contribution in [-0.4, -0.2) is 37.2 Å². The highest BCUT2D eigenvalue weighted by Crippen LogP contribution is 2.08. The molecule has 1 heterocycles. The summed E-state index contributed by atoms with van der Waals surface area (Å²) in [6.07, 6.45) is 4.17. The van der Waals surface area contributed by atoms with E-state index in [1.807, 2.05) is 13.8 Å². The number of anilines is 1. The highest BCUT2D eigenvalue weighted by atomic mass is 16.5. The van der Waals surface area contributed by atoms with Gasteiger partial charge in [0, 0.05) is 32.1 Å². The monoisotopic (exact) mass is 251 g/mol. The second kappa shape index (κ2) is 7.66.